The topological polar surface area (TPSA) is 86.7 Å². The molecule has 0 spiro atoms. The molecule has 0 radical (unpaired) electrons. The van der Waals surface area contributed by atoms with Crippen LogP contribution in [0.1, 0.15) is 13.8 Å². The van der Waals surface area contributed by atoms with E-state index in [9.17, 15) is 17.6 Å². The Kier molecular flexibility index (Phi) is 4.81. The number of amides is 1. The first-order valence-electron chi connectivity index (χ1n) is 6.55. The van der Waals surface area contributed by atoms with Crippen LogP contribution in [0.2, 0.25) is 0 Å². The molecule has 1 fully saturated rings. The lowest BCUT2D eigenvalue weighted by molar-refractivity contribution is -0.134. The number of hydrogen-bond donors (Lipinski definition) is 2. The Morgan fingerprint density at radius 1 is 1.41 bits per heavy atom. The van der Waals surface area contributed by atoms with Gasteiger partial charge in [-0.25, -0.2) is 18.3 Å². The predicted molar refractivity (Wildman–Crippen MR) is 80.5 cm³/mol. The van der Waals surface area contributed by atoms with Crippen molar-refractivity contribution in [1.82, 2.24) is 9.79 Å². The molecular formula is C13H17FN2O4S2. The number of halogens is 1. The smallest absolute Gasteiger partial charge is 0.263 e. The lowest BCUT2D eigenvalue weighted by Gasteiger charge is -2.43. The van der Waals surface area contributed by atoms with Gasteiger partial charge in [-0.1, -0.05) is 0 Å². The molecule has 122 valence electrons. The molecule has 6 nitrogen and oxygen atoms in total. The van der Waals surface area contributed by atoms with Crippen molar-refractivity contribution in [2.45, 2.75) is 29.5 Å². The summed E-state index contributed by atoms with van der Waals surface area (Å²) >= 11 is 1.45. The van der Waals surface area contributed by atoms with Crippen molar-refractivity contribution in [2.24, 2.45) is 0 Å². The van der Waals surface area contributed by atoms with E-state index in [2.05, 4.69) is 0 Å². The molecule has 1 aromatic carbocycles. The molecule has 1 atom stereocenters. The van der Waals surface area contributed by atoms with Gasteiger partial charge in [-0.3, -0.25) is 10.0 Å². The zero-order valence-corrected chi connectivity index (χ0v) is 13.7. The number of rotatable bonds is 3. The van der Waals surface area contributed by atoms with Gasteiger partial charge in [0.2, 0.25) is 10.0 Å². The van der Waals surface area contributed by atoms with Gasteiger partial charge in [0.25, 0.3) is 5.91 Å². The Morgan fingerprint density at radius 3 is 2.55 bits per heavy atom. The van der Waals surface area contributed by atoms with E-state index < -0.39 is 32.5 Å². The maximum atomic E-state index is 13.0. The molecule has 1 heterocycles. The molecule has 1 amide bonds. The van der Waals surface area contributed by atoms with Crippen LogP contribution in [0.15, 0.2) is 29.2 Å². The fraction of sp³-hybridized carbons (Fsp3) is 0.462. The fourth-order valence-electron chi connectivity index (χ4n) is 2.46. The van der Waals surface area contributed by atoms with Crippen molar-refractivity contribution >= 4 is 27.7 Å². The van der Waals surface area contributed by atoms with Gasteiger partial charge in [-0.2, -0.15) is 16.1 Å². The first-order chi connectivity index (χ1) is 10.2. The van der Waals surface area contributed by atoms with E-state index in [0.29, 0.717) is 5.75 Å². The molecule has 1 unspecified atom stereocenters. The summed E-state index contributed by atoms with van der Waals surface area (Å²) in [6.07, 6.45) is 0. The van der Waals surface area contributed by atoms with E-state index in [1.54, 1.807) is 13.8 Å². The van der Waals surface area contributed by atoms with Crippen LogP contribution >= 0.6 is 11.8 Å². The highest BCUT2D eigenvalue weighted by molar-refractivity contribution is 8.00. The van der Waals surface area contributed by atoms with Crippen LogP contribution in [-0.2, 0) is 14.8 Å². The molecule has 0 aromatic heterocycles. The third-order valence-electron chi connectivity index (χ3n) is 3.51. The number of sulfonamides is 1. The minimum Gasteiger partial charge on any atom is -0.289 e. The summed E-state index contributed by atoms with van der Waals surface area (Å²) in [7, 11) is -3.97. The fourth-order valence-corrected chi connectivity index (χ4v) is 5.57. The molecule has 22 heavy (non-hydrogen) atoms. The van der Waals surface area contributed by atoms with Crippen LogP contribution in [0.25, 0.3) is 0 Å². The Hall–Kier alpha value is -1.16. The summed E-state index contributed by atoms with van der Waals surface area (Å²) in [5, 5.41) is 8.93. The van der Waals surface area contributed by atoms with Crippen molar-refractivity contribution in [3.63, 3.8) is 0 Å². The monoisotopic (exact) mass is 348 g/mol. The molecule has 1 saturated heterocycles. The first-order valence-corrected chi connectivity index (χ1v) is 8.98. The molecule has 1 aromatic rings. The number of benzene rings is 1. The molecule has 0 saturated carbocycles. The number of nitrogens with one attached hydrogen (secondary N) is 1. The van der Waals surface area contributed by atoms with Crippen LogP contribution in [-0.4, -0.2) is 46.9 Å². The average Bonchev–Trinajstić information content (AvgIpc) is 2.45. The second-order valence-corrected chi connectivity index (χ2v) is 9.04. The van der Waals surface area contributed by atoms with Crippen LogP contribution in [0.4, 0.5) is 4.39 Å². The lowest BCUT2D eigenvalue weighted by atomic mass is 10.0. The van der Waals surface area contributed by atoms with Crippen LogP contribution in [0, 0.1) is 5.82 Å². The highest BCUT2D eigenvalue weighted by Gasteiger charge is 2.48. The maximum absolute atomic E-state index is 13.0. The minimum atomic E-state index is -3.97. The van der Waals surface area contributed by atoms with Gasteiger partial charge in [0.05, 0.1) is 4.90 Å². The van der Waals surface area contributed by atoms with Crippen molar-refractivity contribution in [2.75, 3.05) is 12.3 Å². The molecule has 2 N–H and O–H groups in total. The van der Waals surface area contributed by atoms with Crippen LogP contribution in [0.3, 0.4) is 0 Å². The summed E-state index contributed by atoms with van der Waals surface area (Å²) in [6.45, 7) is 3.61. The number of hydrogen-bond acceptors (Lipinski definition) is 5. The number of carbonyl (C=O) groups excluding carboxylic acids is 1. The number of thioether (sulfide) groups is 1. The molecule has 1 aliphatic heterocycles. The maximum Gasteiger partial charge on any atom is 0.263 e. The van der Waals surface area contributed by atoms with Gasteiger partial charge in [-0.15, -0.1) is 0 Å². The zero-order chi connectivity index (χ0) is 16.5. The highest BCUT2D eigenvalue weighted by atomic mass is 32.2. The Labute approximate surface area is 132 Å². The second kappa shape index (κ2) is 6.15. The van der Waals surface area contributed by atoms with Crippen molar-refractivity contribution < 1.29 is 22.8 Å². The highest BCUT2D eigenvalue weighted by Crippen LogP contribution is 2.38. The average molecular weight is 348 g/mol. The zero-order valence-electron chi connectivity index (χ0n) is 12.1. The summed E-state index contributed by atoms with van der Waals surface area (Å²) in [5.74, 6) is -0.816. The Bertz CT molecular complexity index is 661. The summed E-state index contributed by atoms with van der Waals surface area (Å²) in [4.78, 5) is 11.9. The van der Waals surface area contributed by atoms with Crippen LogP contribution < -0.4 is 5.48 Å². The lowest BCUT2D eigenvalue weighted by Crippen LogP contribution is -2.61. The van der Waals surface area contributed by atoms with Crippen molar-refractivity contribution in [1.29, 1.82) is 0 Å². The third kappa shape index (κ3) is 3.12. The standard InChI is InChI=1S/C13H17FN2O4S2/c1-13(2)11(12(17)15-18)16(7-8-21-13)22(19,20)10-5-3-9(14)4-6-10/h3-6,11,18H,7-8H2,1-2H3,(H,15,17). The van der Waals surface area contributed by atoms with E-state index in [0.717, 1.165) is 28.6 Å². The van der Waals surface area contributed by atoms with Gasteiger partial charge >= 0.3 is 0 Å². The molecule has 1 aliphatic rings. The molecular weight excluding hydrogens is 331 g/mol. The Balaban J connectivity index is 2.47. The van der Waals surface area contributed by atoms with E-state index in [1.807, 2.05) is 0 Å². The third-order valence-corrected chi connectivity index (χ3v) is 6.74. The normalized spacial score (nSPS) is 22.3. The number of nitrogens with zero attached hydrogens (tertiary/aromatic N) is 1. The van der Waals surface area contributed by atoms with E-state index >= 15 is 0 Å². The first kappa shape index (κ1) is 17.2. The van der Waals surface area contributed by atoms with E-state index in [4.69, 9.17) is 5.21 Å². The Morgan fingerprint density at radius 2 is 2.00 bits per heavy atom. The van der Waals surface area contributed by atoms with Gasteiger partial charge in [-0.05, 0) is 38.1 Å². The quantitative estimate of drug-likeness (QED) is 0.633. The molecule has 2 rings (SSSR count). The van der Waals surface area contributed by atoms with E-state index in [-0.39, 0.29) is 11.4 Å². The van der Waals surface area contributed by atoms with E-state index in [1.165, 1.54) is 17.2 Å². The van der Waals surface area contributed by atoms with Gasteiger partial charge in [0.15, 0.2) is 0 Å². The summed E-state index contributed by atoms with van der Waals surface area (Å²) in [5.41, 5.74) is 1.53. The predicted octanol–water partition coefficient (Wildman–Crippen LogP) is 1.22. The molecule has 0 aliphatic carbocycles. The van der Waals surface area contributed by atoms with Crippen molar-refractivity contribution in [3.05, 3.63) is 30.1 Å². The van der Waals surface area contributed by atoms with Gasteiger partial charge in [0.1, 0.15) is 11.9 Å². The summed E-state index contributed by atoms with van der Waals surface area (Å²) < 4.78 is 38.8. The largest absolute Gasteiger partial charge is 0.289 e. The minimum absolute atomic E-state index is 0.0904. The number of carbonyl (C=O) groups is 1. The summed E-state index contributed by atoms with van der Waals surface area (Å²) in [6, 6.07) is 3.36. The van der Waals surface area contributed by atoms with Crippen LogP contribution in [0.5, 0.6) is 0 Å². The molecule has 9 heteroatoms. The van der Waals surface area contributed by atoms with Gasteiger partial charge in [0, 0.05) is 17.0 Å². The second-order valence-electron chi connectivity index (χ2n) is 5.40. The van der Waals surface area contributed by atoms with Crippen molar-refractivity contribution in [3.8, 4) is 0 Å². The SMILES string of the molecule is CC1(C)SCCN(S(=O)(=O)c2ccc(F)cc2)C1C(=O)NO. The number of hydroxylamine groups is 1. The van der Waals surface area contributed by atoms with Gasteiger partial charge < -0.3 is 0 Å². The molecule has 0 bridgehead atoms.